The lowest BCUT2D eigenvalue weighted by molar-refractivity contribution is 0.0838. The topological polar surface area (TPSA) is 92.6 Å². The molecule has 1 amide bonds. The summed E-state index contributed by atoms with van der Waals surface area (Å²) in [6, 6.07) is 5.09. The van der Waals surface area contributed by atoms with Crippen molar-refractivity contribution in [1.82, 2.24) is 0 Å². The van der Waals surface area contributed by atoms with Crippen LogP contribution < -0.4 is 16.4 Å². The van der Waals surface area contributed by atoms with Gasteiger partial charge in [0.1, 0.15) is 0 Å². The van der Waals surface area contributed by atoms with Crippen LogP contribution in [0.4, 0.5) is 11.4 Å². The highest BCUT2D eigenvalue weighted by atomic mass is 16.3. The fraction of sp³-hybridized carbons (Fsp3) is 0.417. The summed E-state index contributed by atoms with van der Waals surface area (Å²) < 4.78 is 0. The second-order valence-electron chi connectivity index (χ2n) is 4.78. The Morgan fingerprint density at radius 3 is 2.76 bits per heavy atom. The quantitative estimate of drug-likeness (QED) is 0.644. The van der Waals surface area contributed by atoms with Gasteiger partial charge in [-0.3, -0.25) is 4.79 Å². The maximum Gasteiger partial charge on any atom is 0.250 e. The van der Waals surface area contributed by atoms with Gasteiger partial charge in [0.25, 0.3) is 5.91 Å². The van der Waals surface area contributed by atoms with Gasteiger partial charge in [-0.15, -0.1) is 0 Å². The summed E-state index contributed by atoms with van der Waals surface area (Å²) in [6.45, 7) is 2.90. The molecule has 1 aromatic carbocycles. The molecule has 5 N–H and O–H groups in total. The monoisotopic (exact) mass is 235 g/mol. The number of hydrogen-bond acceptors (Lipinski definition) is 4. The summed E-state index contributed by atoms with van der Waals surface area (Å²) in [7, 11) is 0. The molecule has 0 aromatic heterocycles. The normalized spacial score (nSPS) is 24.0. The van der Waals surface area contributed by atoms with Gasteiger partial charge in [0, 0.05) is 13.1 Å². The number of carbonyl (C=O) groups is 1. The van der Waals surface area contributed by atoms with Crippen LogP contribution in [-0.4, -0.2) is 29.7 Å². The Morgan fingerprint density at radius 1 is 1.53 bits per heavy atom. The van der Waals surface area contributed by atoms with Gasteiger partial charge in [0.2, 0.25) is 0 Å². The molecule has 1 aromatic rings. The Labute approximate surface area is 100 Å². The third-order valence-electron chi connectivity index (χ3n) is 3.10. The van der Waals surface area contributed by atoms with E-state index in [1.54, 1.807) is 25.1 Å². The van der Waals surface area contributed by atoms with Crippen molar-refractivity contribution in [3.8, 4) is 0 Å². The number of benzene rings is 1. The van der Waals surface area contributed by atoms with Crippen molar-refractivity contribution in [2.75, 3.05) is 23.7 Å². The summed E-state index contributed by atoms with van der Waals surface area (Å²) in [4.78, 5) is 13.3. The molecule has 1 heterocycles. The number of aliphatic hydroxyl groups is 1. The molecular weight excluding hydrogens is 218 g/mol. The van der Waals surface area contributed by atoms with Crippen molar-refractivity contribution in [3.05, 3.63) is 23.8 Å². The number of anilines is 2. The lowest BCUT2D eigenvalue weighted by atomic mass is 10.1. The molecule has 0 saturated carbocycles. The fourth-order valence-corrected chi connectivity index (χ4v) is 2.25. The van der Waals surface area contributed by atoms with E-state index in [0.717, 1.165) is 0 Å². The van der Waals surface area contributed by atoms with E-state index < -0.39 is 11.5 Å². The second-order valence-corrected chi connectivity index (χ2v) is 4.78. The molecule has 1 atom stereocenters. The van der Waals surface area contributed by atoms with Crippen LogP contribution in [0.5, 0.6) is 0 Å². The molecule has 92 valence electrons. The molecule has 0 spiro atoms. The molecule has 2 rings (SSSR count). The summed E-state index contributed by atoms with van der Waals surface area (Å²) in [5.74, 6) is -0.501. The second kappa shape index (κ2) is 3.92. The molecule has 1 unspecified atom stereocenters. The highest BCUT2D eigenvalue weighted by molar-refractivity contribution is 6.01. The minimum atomic E-state index is -0.739. The van der Waals surface area contributed by atoms with Gasteiger partial charge < -0.3 is 21.5 Å². The number of amides is 1. The van der Waals surface area contributed by atoms with Crippen LogP contribution in [0.25, 0.3) is 0 Å². The van der Waals surface area contributed by atoms with Gasteiger partial charge in [0.05, 0.1) is 22.5 Å². The van der Waals surface area contributed by atoms with Gasteiger partial charge in [-0.1, -0.05) is 6.07 Å². The molecular formula is C12H17N3O2. The van der Waals surface area contributed by atoms with Crippen LogP contribution in [0.3, 0.4) is 0 Å². The standard InChI is InChI=1S/C12H17N3O2/c1-12(17)5-6-15(7-12)10-8(11(14)16)3-2-4-9(10)13/h2-4,17H,5-7,13H2,1H3,(H2,14,16). The van der Waals surface area contributed by atoms with E-state index in [0.29, 0.717) is 36.4 Å². The highest BCUT2D eigenvalue weighted by Crippen LogP contribution is 2.33. The Balaban J connectivity index is 2.42. The first-order valence-electron chi connectivity index (χ1n) is 5.56. The number of nitrogens with two attached hydrogens (primary N) is 2. The van der Waals surface area contributed by atoms with Gasteiger partial charge in [-0.25, -0.2) is 0 Å². The summed E-state index contributed by atoms with van der Waals surface area (Å²) >= 11 is 0. The number of carbonyl (C=O) groups excluding carboxylic acids is 1. The number of β-amino-alcohol motifs (C(OH)–C–C–N with tert-alkyl or cyclic N) is 1. The molecule has 0 radical (unpaired) electrons. The fourth-order valence-electron chi connectivity index (χ4n) is 2.25. The van der Waals surface area contributed by atoms with E-state index in [2.05, 4.69) is 0 Å². The van der Waals surface area contributed by atoms with E-state index in [9.17, 15) is 9.90 Å². The Bertz CT molecular complexity index is 457. The number of hydrogen-bond donors (Lipinski definition) is 3. The number of nitrogen functional groups attached to an aromatic ring is 1. The molecule has 1 saturated heterocycles. The predicted octanol–water partition coefficient (Wildman–Crippen LogP) is 0.329. The van der Waals surface area contributed by atoms with Gasteiger partial charge >= 0.3 is 0 Å². The smallest absolute Gasteiger partial charge is 0.250 e. The average molecular weight is 235 g/mol. The van der Waals surface area contributed by atoms with Crippen molar-refractivity contribution >= 4 is 17.3 Å². The zero-order valence-electron chi connectivity index (χ0n) is 9.81. The maximum absolute atomic E-state index is 11.4. The van der Waals surface area contributed by atoms with Crippen molar-refractivity contribution < 1.29 is 9.90 Å². The first kappa shape index (κ1) is 11.7. The van der Waals surface area contributed by atoms with Gasteiger partial charge in [0.15, 0.2) is 0 Å². The number of para-hydroxylation sites is 1. The molecule has 0 bridgehead atoms. The number of rotatable bonds is 2. The first-order chi connectivity index (χ1) is 7.91. The van der Waals surface area contributed by atoms with E-state index >= 15 is 0 Å². The van der Waals surface area contributed by atoms with E-state index in [-0.39, 0.29) is 0 Å². The minimum absolute atomic E-state index is 0.405. The van der Waals surface area contributed by atoms with E-state index in [4.69, 9.17) is 11.5 Å². The zero-order chi connectivity index (χ0) is 12.6. The minimum Gasteiger partial charge on any atom is -0.397 e. The first-order valence-corrected chi connectivity index (χ1v) is 5.56. The van der Waals surface area contributed by atoms with Crippen LogP contribution in [-0.2, 0) is 0 Å². The largest absolute Gasteiger partial charge is 0.397 e. The van der Waals surface area contributed by atoms with E-state index in [1.165, 1.54) is 0 Å². The van der Waals surface area contributed by atoms with E-state index in [1.807, 2.05) is 4.90 Å². The molecule has 1 aliphatic heterocycles. The van der Waals surface area contributed by atoms with Crippen molar-refractivity contribution in [1.29, 1.82) is 0 Å². The van der Waals surface area contributed by atoms with Crippen molar-refractivity contribution in [2.24, 2.45) is 5.73 Å². The SMILES string of the molecule is CC1(O)CCN(c2c(N)cccc2C(N)=O)C1. The molecule has 5 nitrogen and oxygen atoms in total. The van der Waals surface area contributed by atoms with Crippen LogP contribution in [0.2, 0.25) is 0 Å². The van der Waals surface area contributed by atoms with Crippen LogP contribution >= 0.6 is 0 Å². The van der Waals surface area contributed by atoms with Gasteiger partial charge in [-0.05, 0) is 25.5 Å². The van der Waals surface area contributed by atoms with Crippen LogP contribution in [0.1, 0.15) is 23.7 Å². The predicted molar refractivity (Wildman–Crippen MR) is 66.8 cm³/mol. The number of primary amides is 1. The number of nitrogens with zero attached hydrogens (tertiary/aromatic N) is 1. The van der Waals surface area contributed by atoms with Crippen LogP contribution in [0.15, 0.2) is 18.2 Å². The highest BCUT2D eigenvalue weighted by Gasteiger charge is 2.33. The van der Waals surface area contributed by atoms with Gasteiger partial charge in [-0.2, -0.15) is 0 Å². The van der Waals surface area contributed by atoms with Crippen LogP contribution in [0, 0.1) is 0 Å². The Kier molecular flexibility index (Phi) is 2.71. The summed E-state index contributed by atoms with van der Waals surface area (Å²) in [5.41, 5.74) is 12.0. The Morgan fingerprint density at radius 2 is 2.24 bits per heavy atom. The molecule has 0 aliphatic carbocycles. The lowest BCUT2D eigenvalue weighted by Crippen LogP contribution is -2.31. The summed E-state index contributed by atoms with van der Waals surface area (Å²) in [5, 5.41) is 9.95. The lowest BCUT2D eigenvalue weighted by Gasteiger charge is -2.24. The summed E-state index contributed by atoms with van der Waals surface area (Å²) in [6.07, 6.45) is 0.652. The maximum atomic E-state index is 11.4. The third-order valence-corrected chi connectivity index (χ3v) is 3.10. The molecule has 17 heavy (non-hydrogen) atoms. The third kappa shape index (κ3) is 2.19. The molecule has 5 heteroatoms. The molecule has 1 fully saturated rings. The Hall–Kier alpha value is -1.75. The zero-order valence-corrected chi connectivity index (χ0v) is 9.81. The van der Waals surface area contributed by atoms with Crippen molar-refractivity contribution in [2.45, 2.75) is 18.9 Å². The average Bonchev–Trinajstić information content (AvgIpc) is 2.58. The van der Waals surface area contributed by atoms with Crippen molar-refractivity contribution in [3.63, 3.8) is 0 Å². The molecule has 1 aliphatic rings.